The van der Waals surface area contributed by atoms with Crippen LogP contribution < -0.4 is 15.5 Å². The second-order valence-electron chi connectivity index (χ2n) is 6.21. The van der Waals surface area contributed by atoms with Crippen LogP contribution in [0.15, 0.2) is 41.4 Å². The first-order chi connectivity index (χ1) is 11.2. The maximum atomic E-state index is 4.70. The molecule has 0 aliphatic heterocycles. The molecular formula is C19H30N4. The molecular weight excluding hydrogens is 284 g/mol. The number of hydrogen-bond acceptors (Lipinski definition) is 2. The highest BCUT2D eigenvalue weighted by atomic mass is 15.2. The number of benzene rings is 1. The Morgan fingerprint density at radius 1 is 1.17 bits per heavy atom. The lowest BCUT2D eigenvalue weighted by Gasteiger charge is -2.16. The fourth-order valence-electron chi connectivity index (χ4n) is 2.68. The van der Waals surface area contributed by atoms with Crippen LogP contribution in [0.2, 0.25) is 0 Å². The van der Waals surface area contributed by atoms with Crippen molar-refractivity contribution in [1.29, 1.82) is 0 Å². The number of nitrogens with zero attached hydrogens (tertiary/aromatic N) is 2. The summed E-state index contributed by atoms with van der Waals surface area (Å²) in [7, 11) is 4.14. The highest BCUT2D eigenvalue weighted by Gasteiger charge is 2.11. The first kappa shape index (κ1) is 17.4. The summed E-state index contributed by atoms with van der Waals surface area (Å²) >= 11 is 0. The molecule has 1 aromatic carbocycles. The molecule has 0 atom stereocenters. The van der Waals surface area contributed by atoms with Crippen molar-refractivity contribution >= 4 is 11.6 Å². The van der Waals surface area contributed by atoms with Crippen molar-refractivity contribution in [3.63, 3.8) is 0 Å². The molecule has 0 unspecified atom stereocenters. The van der Waals surface area contributed by atoms with E-state index in [2.05, 4.69) is 73.0 Å². The predicted octanol–water partition coefficient (Wildman–Crippen LogP) is 2.96. The van der Waals surface area contributed by atoms with E-state index in [4.69, 9.17) is 4.99 Å². The van der Waals surface area contributed by atoms with Crippen molar-refractivity contribution in [2.45, 2.75) is 38.6 Å². The average molecular weight is 314 g/mol. The summed E-state index contributed by atoms with van der Waals surface area (Å²) in [5.41, 5.74) is 2.62. The summed E-state index contributed by atoms with van der Waals surface area (Å²) in [6, 6.07) is 9.29. The highest BCUT2D eigenvalue weighted by Crippen LogP contribution is 2.13. The summed E-state index contributed by atoms with van der Waals surface area (Å²) in [6.07, 6.45) is 8.81. The van der Waals surface area contributed by atoms with E-state index in [0.29, 0.717) is 6.04 Å². The van der Waals surface area contributed by atoms with Crippen LogP contribution in [0.1, 0.15) is 31.7 Å². The topological polar surface area (TPSA) is 39.7 Å². The molecule has 0 saturated carbocycles. The molecule has 1 aliphatic carbocycles. The number of aliphatic imine (C=N–C) groups is 1. The number of rotatable bonds is 7. The first-order valence-electron chi connectivity index (χ1n) is 8.65. The number of hydrogen-bond donors (Lipinski definition) is 2. The lowest BCUT2D eigenvalue weighted by atomic mass is 10.1. The van der Waals surface area contributed by atoms with E-state index in [1.54, 1.807) is 0 Å². The zero-order chi connectivity index (χ0) is 16.5. The average Bonchev–Trinajstić information content (AvgIpc) is 3.05. The van der Waals surface area contributed by atoms with Gasteiger partial charge in [-0.25, -0.2) is 0 Å². The van der Waals surface area contributed by atoms with Gasteiger partial charge in [0.05, 0.1) is 0 Å². The Morgan fingerprint density at radius 2 is 1.87 bits per heavy atom. The van der Waals surface area contributed by atoms with Gasteiger partial charge >= 0.3 is 0 Å². The minimum Gasteiger partial charge on any atom is -0.378 e. The van der Waals surface area contributed by atoms with E-state index in [1.807, 2.05) is 0 Å². The van der Waals surface area contributed by atoms with Gasteiger partial charge in [-0.05, 0) is 50.3 Å². The van der Waals surface area contributed by atoms with E-state index in [0.717, 1.165) is 44.7 Å². The predicted molar refractivity (Wildman–Crippen MR) is 100 cm³/mol. The van der Waals surface area contributed by atoms with Crippen LogP contribution >= 0.6 is 0 Å². The lowest BCUT2D eigenvalue weighted by Crippen LogP contribution is -2.42. The van der Waals surface area contributed by atoms with Crippen molar-refractivity contribution in [3.8, 4) is 0 Å². The van der Waals surface area contributed by atoms with Gasteiger partial charge in [0, 0.05) is 38.9 Å². The van der Waals surface area contributed by atoms with E-state index in [9.17, 15) is 0 Å². The van der Waals surface area contributed by atoms with E-state index < -0.39 is 0 Å². The van der Waals surface area contributed by atoms with Gasteiger partial charge in [-0.1, -0.05) is 24.3 Å². The van der Waals surface area contributed by atoms with Gasteiger partial charge in [0.15, 0.2) is 5.96 Å². The Kier molecular flexibility index (Phi) is 6.98. The van der Waals surface area contributed by atoms with Crippen LogP contribution in [0.4, 0.5) is 5.69 Å². The molecule has 1 aliphatic rings. The Bertz CT molecular complexity index is 509. The normalized spacial score (nSPS) is 15.0. The summed E-state index contributed by atoms with van der Waals surface area (Å²) in [5, 5.41) is 6.84. The maximum Gasteiger partial charge on any atom is 0.191 e. The molecule has 126 valence electrons. The van der Waals surface area contributed by atoms with Crippen LogP contribution in [-0.4, -0.2) is 39.2 Å². The van der Waals surface area contributed by atoms with E-state index >= 15 is 0 Å². The largest absolute Gasteiger partial charge is 0.378 e. The lowest BCUT2D eigenvalue weighted by molar-refractivity contribution is 0.632. The quantitative estimate of drug-likeness (QED) is 0.352. The zero-order valence-corrected chi connectivity index (χ0v) is 14.7. The Morgan fingerprint density at radius 3 is 2.48 bits per heavy atom. The smallest absolute Gasteiger partial charge is 0.191 e. The third-order valence-corrected chi connectivity index (χ3v) is 4.04. The number of aryl methyl sites for hydroxylation is 1. The van der Waals surface area contributed by atoms with Crippen LogP contribution in [0.3, 0.4) is 0 Å². The van der Waals surface area contributed by atoms with Crippen LogP contribution in [0, 0.1) is 0 Å². The minimum absolute atomic E-state index is 0.506. The van der Waals surface area contributed by atoms with Gasteiger partial charge in [0.25, 0.3) is 0 Å². The fraction of sp³-hybridized carbons (Fsp3) is 0.526. The fourth-order valence-corrected chi connectivity index (χ4v) is 2.68. The molecule has 4 nitrogen and oxygen atoms in total. The molecule has 4 heteroatoms. The number of nitrogens with one attached hydrogen (secondary N) is 2. The standard InChI is InChI=1S/C19H30N4/c1-4-20-19(22-17-9-5-6-10-17)21-15-7-8-16-11-13-18(14-12-16)23(2)3/h5-6,11-14,17H,4,7-10,15H2,1-3H3,(H2,20,21,22). The van der Waals surface area contributed by atoms with Crippen molar-refractivity contribution in [2.24, 2.45) is 4.99 Å². The highest BCUT2D eigenvalue weighted by molar-refractivity contribution is 5.80. The van der Waals surface area contributed by atoms with Gasteiger partial charge in [0.2, 0.25) is 0 Å². The first-order valence-corrected chi connectivity index (χ1v) is 8.65. The second kappa shape index (κ2) is 9.23. The van der Waals surface area contributed by atoms with Gasteiger partial charge in [-0.2, -0.15) is 0 Å². The third kappa shape index (κ3) is 5.97. The number of guanidine groups is 1. The van der Waals surface area contributed by atoms with Gasteiger partial charge in [0.1, 0.15) is 0 Å². The van der Waals surface area contributed by atoms with Gasteiger partial charge < -0.3 is 15.5 Å². The molecule has 2 N–H and O–H groups in total. The van der Waals surface area contributed by atoms with Crippen molar-refractivity contribution < 1.29 is 0 Å². The molecule has 0 heterocycles. The minimum atomic E-state index is 0.506. The van der Waals surface area contributed by atoms with Crippen molar-refractivity contribution in [2.75, 3.05) is 32.1 Å². The Labute approximate surface area is 140 Å². The Hall–Kier alpha value is -1.97. The monoisotopic (exact) mass is 314 g/mol. The van der Waals surface area contributed by atoms with Crippen LogP contribution in [-0.2, 0) is 6.42 Å². The van der Waals surface area contributed by atoms with Crippen molar-refractivity contribution in [3.05, 3.63) is 42.0 Å². The molecule has 0 aromatic heterocycles. The molecule has 0 spiro atoms. The second-order valence-corrected chi connectivity index (χ2v) is 6.21. The summed E-state index contributed by atoms with van der Waals surface area (Å²) in [4.78, 5) is 6.82. The molecule has 0 radical (unpaired) electrons. The van der Waals surface area contributed by atoms with E-state index in [-0.39, 0.29) is 0 Å². The van der Waals surface area contributed by atoms with Crippen LogP contribution in [0.5, 0.6) is 0 Å². The summed E-state index contributed by atoms with van der Waals surface area (Å²) in [6.45, 7) is 3.86. The molecule has 0 fully saturated rings. The molecule has 0 saturated heterocycles. The molecule has 2 rings (SSSR count). The maximum absolute atomic E-state index is 4.70. The van der Waals surface area contributed by atoms with Crippen LogP contribution in [0.25, 0.3) is 0 Å². The number of anilines is 1. The summed E-state index contributed by atoms with van der Waals surface area (Å²) < 4.78 is 0. The Balaban J connectivity index is 1.76. The van der Waals surface area contributed by atoms with Gasteiger partial charge in [-0.15, -0.1) is 0 Å². The molecule has 0 amide bonds. The van der Waals surface area contributed by atoms with Crippen molar-refractivity contribution in [1.82, 2.24) is 10.6 Å². The molecule has 23 heavy (non-hydrogen) atoms. The third-order valence-electron chi connectivity index (χ3n) is 4.04. The van der Waals surface area contributed by atoms with E-state index in [1.165, 1.54) is 11.3 Å². The van der Waals surface area contributed by atoms with Gasteiger partial charge in [-0.3, -0.25) is 4.99 Å². The zero-order valence-electron chi connectivity index (χ0n) is 14.7. The summed E-state index contributed by atoms with van der Waals surface area (Å²) in [5.74, 6) is 0.948. The molecule has 1 aromatic rings. The SMILES string of the molecule is CCNC(=NCCCc1ccc(N(C)C)cc1)NC1CC=CC1. The molecule has 0 bridgehead atoms.